The highest BCUT2D eigenvalue weighted by Gasteiger charge is 2.09. The molecule has 0 N–H and O–H groups in total. The molecule has 3 rings (SSSR count). The Kier molecular flexibility index (Phi) is 3.02. The van der Waals surface area contributed by atoms with Gasteiger partial charge in [0.25, 0.3) is 0 Å². The van der Waals surface area contributed by atoms with E-state index in [-0.39, 0.29) is 0 Å². The van der Waals surface area contributed by atoms with Crippen LogP contribution in [0.4, 0.5) is 0 Å². The lowest BCUT2D eigenvalue weighted by Crippen LogP contribution is -1.93. The van der Waals surface area contributed by atoms with Crippen LogP contribution in [0.15, 0.2) is 54.6 Å². The second kappa shape index (κ2) is 4.82. The first kappa shape index (κ1) is 11.9. The van der Waals surface area contributed by atoms with Crippen molar-refractivity contribution in [3.05, 3.63) is 65.3 Å². The SMILES string of the molecule is O=Cc1nc2cccc(Cl)c2cc1-c1ccccc1. The molecule has 0 aliphatic carbocycles. The summed E-state index contributed by atoms with van der Waals surface area (Å²) in [6.45, 7) is 0. The van der Waals surface area contributed by atoms with Gasteiger partial charge in [0.2, 0.25) is 0 Å². The van der Waals surface area contributed by atoms with Gasteiger partial charge in [0.1, 0.15) is 5.69 Å². The van der Waals surface area contributed by atoms with Crippen molar-refractivity contribution in [2.45, 2.75) is 0 Å². The van der Waals surface area contributed by atoms with Gasteiger partial charge in [0, 0.05) is 16.0 Å². The summed E-state index contributed by atoms with van der Waals surface area (Å²) in [5.41, 5.74) is 2.92. The summed E-state index contributed by atoms with van der Waals surface area (Å²) in [6, 6.07) is 17.1. The summed E-state index contributed by atoms with van der Waals surface area (Å²) < 4.78 is 0. The summed E-state index contributed by atoms with van der Waals surface area (Å²) in [4.78, 5) is 15.6. The number of hydrogen-bond acceptors (Lipinski definition) is 2. The molecular weight excluding hydrogens is 258 g/mol. The molecule has 2 aromatic carbocycles. The van der Waals surface area contributed by atoms with E-state index in [1.54, 1.807) is 0 Å². The van der Waals surface area contributed by atoms with Gasteiger partial charge in [0.15, 0.2) is 6.29 Å². The predicted molar refractivity (Wildman–Crippen MR) is 77.6 cm³/mol. The van der Waals surface area contributed by atoms with Crippen LogP contribution in [0, 0.1) is 0 Å². The maximum atomic E-state index is 11.2. The van der Waals surface area contributed by atoms with Crippen LogP contribution >= 0.6 is 11.6 Å². The van der Waals surface area contributed by atoms with Gasteiger partial charge < -0.3 is 0 Å². The molecule has 19 heavy (non-hydrogen) atoms. The van der Waals surface area contributed by atoms with E-state index in [1.807, 2.05) is 54.6 Å². The van der Waals surface area contributed by atoms with Crippen LogP contribution in [0.3, 0.4) is 0 Å². The molecule has 3 heteroatoms. The lowest BCUT2D eigenvalue weighted by atomic mass is 10.0. The third kappa shape index (κ3) is 2.11. The Morgan fingerprint density at radius 2 is 1.79 bits per heavy atom. The third-order valence-corrected chi connectivity index (χ3v) is 3.36. The van der Waals surface area contributed by atoms with Crippen molar-refractivity contribution in [3.63, 3.8) is 0 Å². The number of carbonyl (C=O) groups is 1. The van der Waals surface area contributed by atoms with Crippen molar-refractivity contribution in [2.24, 2.45) is 0 Å². The van der Waals surface area contributed by atoms with Crippen LogP contribution in [0.2, 0.25) is 5.02 Å². The van der Waals surface area contributed by atoms with Crippen LogP contribution in [0.25, 0.3) is 22.0 Å². The number of pyridine rings is 1. The predicted octanol–water partition coefficient (Wildman–Crippen LogP) is 4.37. The second-order valence-electron chi connectivity index (χ2n) is 4.21. The molecule has 1 aromatic heterocycles. The second-order valence-corrected chi connectivity index (χ2v) is 4.62. The summed E-state index contributed by atoms with van der Waals surface area (Å²) in [7, 11) is 0. The molecule has 92 valence electrons. The first-order chi connectivity index (χ1) is 9.29. The van der Waals surface area contributed by atoms with E-state index in [1.165, 1.54) is 0 Å². The van der Waals surface area contributed by atoms with Gasteiger partial charge in [-0.05, 0) is 23.8 Å². The van der Waals surface area contributed by atoms with Crippen molar-refractivity contribution < 1.29 is 4.79 Å². The zero-order valence-electron chi connectivity index (χ0n) is 10.0. The number of aldehydes is 1. The van der Waals surface area contributed by atoms with Crippen molar-refractivity contribution in [1.82, 2.24) is 4.98 Å². The van der Waals surface area contributed by atoms with Gasteiger partial charge in [0.05, 0.1) is 5.52 Å². The van der Waals surface area contributed by atoms with Crippen LogP contribution in [-0.2, 0) is 0 Å². The zero-order chi connectivity index (χ0) is 13.2. The standard InChI is InChI=1S/C16H10ClNO/c17-14-7-4-8-15-13(14)9-12(16(10-19)18-15)11-5-2-1-3-6-11/h1-10H. The van der Waals surface area contributed by atoms with Crippen LogP contribution in [-0.4, -0.2) is 11.3 Å². The van der Waals surface area contributed by atoms with Crippen molar-refractivity contribution >= 4 is 28.8 Å². The fourth-order valence-electron chi connectivity index (χ4n) is 2.11. The Labute approximate surface area is 115 Å². The number of hydrogen-bond donors (Lipinski definition) is 0. The lowest BCUT2D eigenvalue weighted by Gasteiger charge is -2.07. The molecular formula is C16H10ClNO. The normalized spacial score (nSPS) is 10.6. The Morgan fingerprint density at radius 3 is 2.53 bits per heavy atom. The molecule has 0 amide bonds. The molecule has 0 bridgehead atoms. The number of rotatable bonds is 2. The average Bonchev–Trinajstić information content (AvgIpc) is 2.47. The number of fused-ring (bicyclic) bond motifs is 1. The van der Waals surface area contributed by atoms with E-state index in [9.17, 15) is 4.79 Å². The molecule has 2 nitrogen and oxygen atoms in total. The minimum Gasteiger partial charge on any atom is -0.296 e. The Bertz CT molecular complexity index is 753. The molecule has 1 heterocycles. The first-order valence-electron chi connectivity index (χ1n) is 5.89. The Hall–Kier alpha value is -2.19. The highest BCUT2D eigenvalue weighted by Crippen LogP contribution is 2.29. The highest BCUT2D eigenvalue weighted by molar-refractivity contribution is 6.35. The minimum absolute atomic E-state index is 0.431. The molecule has 0 spiro atoms. The smallest absolute Gasteiger partial charge is 0.169 e. The van der Waals surface area contributed by atoms with Gasteiger partial charge in [-0.15, -0.1) is 0 Å². The molecule has 0 unspecified atom stereocenters. The van der Waals surface area contributed by atoms with E-state index in [2.05, 4.69) is 4.98 Å². The monoisotopic (exact) mass is 267 g/mol. The zero-order valence-corrected chi connectivity index (χ0v) is 10.8. The number of halogens is 1. The number of benzene rings is 2. The first-order valence-corrected chi connectivity index (χ1v) is 6.27. The van der Waals surface area contributed by atoms with Gasteiger partial charge in [-0.2, -0.15) is 0 Å². The van der Waals surface area contributed by atoms with E-state index in [0.717, 1.165) is 28.3 Å². The van der Waals surface area contributed by atoms with E-state index < -0.39 is 0 Å². The van der Waals surface area contributed by atoms with E-state index in [4.69, 9.17) is 11.6 Å². The number of aromatic nitrogens is 1. The molecule has 0 aliphatic heterocycles. The molecule has 0 radical (unpaired) electrons. The third-order valence-electron chi connectivity index (χ3n) is 3.03. The molecule has 0 atom stereocenters. The van der Waals surface area contributed by atoms with Crippen LogP contribution in [0.1, 0.15) is 10.5 Å². The fourth-order valence-corrected chi connectivity index (χ4v) is 2.34. The fraction of sp³-hybridized carbons (Fsp3) is 0. The Morgan fingerprint density at radius 1 is 1.00 bits per heavy atom. The van der Waals surface area contributed by atoms with Gasteiger partial charge in [-0.1, -0.05) is 48.0 Å². The van der Waals surface area contributed by atoms with E-state index in [0.29, 0.717) is 10.7 Å². The van der Waals surface area contributed by atoms with Gasteiger partial charge in [-0.3, -0.25) is 4.79 Å². The average molecular weight is 268 g/mol. The number of nitrogens with zero attached hydrogens (tertiary/aromatic N) is 1. The quantitative estimate of drug-likeness (QED) is 0.646. The number of carbonyl (C=O) groups excluding carboxylic acids is 1. The van der Waals surface area contributed by atoms with Crippen molar-refractivity contribution in [1.29, 1.82) is 0 Å². The minimum atomic E-state index is 0.431. The summed E-state index contributed by atoms with van der Waals surface area (Å²) >= 11 is 6.18. The lowest BCUT2D eigenvalue weighted by molar-refractivity contribution is 0.112. The topological polar surface area (TPSA) is 30.0 Å². The molecule has 0 saturated heterocycles. The molecule has 0 saturated carbocycles. The molecule has 3 aromatic rings. The van der Waals surface area contributed by atoms with Crippen LogP contribution < -0.4 is 0 Å². The maximum absolute atomic E-state index is 11.2. The van der Waals surface area contributed by atoms with E-state index >= 15 is 0 Å². The summed E-state index contributed by atoms with van der Waals surface area (Å²) in [5.74, 6) is 0. The van der Waals surface area contributed by atoms with Gasteiger partial charge in [-0.25, -0.2) is 4.98 Å². The largest absolute Gasteiger partial charge is 0.296 e. The van der Waals surface area contributed by atoms with Gasteiger partial charge >= 0.3 is 0 Å². The maximum Gasteiger partial charge on any atom is 0.169 e. The molecule has 0 fully saturated rings. The van der Waals surface area contributed by atoms with Crippen molar-refractivity contribution in [3.8, 4) is 11.1 Å². The van der Waals surface area contributed by atoms with Crippen molar-refractivity contribution in [2.75, 3.05) is 0 Å². The summed E-state index contributed by atoms with van der Waals surface area (Å²) in [5, 5.41) is 1.49. The van der Waals surface area contributed by atoms with Crippen LogP contribution in [0.5, 0.6) is 0 Å². The summed E-state index contributed by atoms with van der Waals surface area (Å²) in [6.07, 6.45) is 0.780. The molecule has 0 aliphatic rings. The highest BCUT2D eigenvalue weighted by atomic mass is 35.5. The Balaban J connectivity index is 2.35.